The Hall–Kier alpha value is -1.91. The van der Waals surface area contributed by atoms with E-state index in [1.807, 2.05) is 0 Å². The Labute approximate surface area is 85.8 Å². The maximum atomic E-state index is 11.3. The molecule has 0 atom stereocenters. The first-order chi connectivity index (χ1) is 7.11. The maximum absolute atomic E-state index is 11.3. The number of nitro groups is 1. The van der Waals surface area contributed by atoms with E-state index in [-0.39, 0.29) is 12.3 Å². The van der Waals surface area contributed by atoms with Gasteiger partial charge in [0.2, 0.25) is 0 Å². The number of nitrogens with zero attached hydrogens (tertiary/aromatic N) is 1. The Bertz CT molecular complexity index is 453. The highest BCUT2D eigenvalue weighted by Crippen LogP contribution is 2.29. The molecule has 1 aliphatic heterocycles. The number of hydrogen-bond acceptors (Lipinski definition) is 4. The summed E-state index contributed by atoms with van der Waals surface area (Å²) in [6.45, 7) is 1.88. The smallest absolute Gasteiger partial charge is 0.338 e. The number of rotatable bonds is 1. The molecule has 1 aromatic carbocycles. The number of benzene rings is 1. The summed E-state index contributed by atoms with van der Waals surface area (Å²) in [6.07, 6.45) is 0.416. The first kappa shape index (κ1) is 9.64. The van der Waals surface area contributed by atoms with Crippen molar-refractivity contribution in [1.29, 1.82) is 0 Å². The van der Waals surface area contributed by atoms with Crippen LogP contribution in [0.2, 0.25) is 0 Å². The van der Waals surface area contributed by atoms with Crippen LogP contribution in [0.1, 0.15) is 21.5 Å². The highest BCUT2D eigenvalue weighted by atomic mass is 16.6. The van der Waals surface area contributed by atoms with Crippen LogP contribution >= 0.6 is 0 Å². The van der Waals surface area contributed by atoms with Crippen LogP contribution in [0.5, 0.6) is 0 Å². The van der Waals surface area contributed by atoms with Gasteiger partial charge < -0.3 is 4.74 Å². The van der Waals surface area contributed by atoms with Crippen molar-refractivity contribution in [1.82, 2.24) is 0 Å². The van der Waals surface area contributed by atoms with Crippen molar-refractivity contribution in [2.45, 2.75) is 13.3 Å². The second-order valence-corrected chi connectivity index (χ2v) is 3.40. The van der Waals surface area contributed by atoms with Crippen molar-refractivity contribution in [2.24, 2.45) is 0 Å². The zero-order chi connectivity index (χ0) is 11.0. The molecular formula is C10H9NO4. The molecule has 0 saturated heterocycles. The average molecular weight is 207 g/mol. The lowest BCUT2D eigenvalue weighted by atomic mass is 9.97. The Kier molecular flexibility index (Phi) is 2.15. The van der Waals surface area contributed by atoms with Gasteiger partial charge in [-0.2, -0.15) is 0 Å². The van der Waals surface area contributed by atoms with E-state index in [0.717, 1.165) is 0 Å². The fourth-order valence-electron chi connectivity index (χ4n) is 1.78. The summed E-state index contributed by atoms with van der Waals surface area (Å²) in [5.41, 5.74) is 1.44. The van der Waals surface area contributed by atoms with Crippen molar-refractivity contribution >= 4 is 11.7 Å². The molecule has 0 N–H and O–H groups in total. The molecule has 5 heteroatoms. The summed E-state index contributed by atoms with van der Waals surface area (Å²) in [6, 6.07) is 3.16. The molecule has 1 aliphatic rings. The first-order valence-electron chi connectivity index (χ1n) is 4.55. The molecule has 0 aliphatic carbocycles. The van der Waals surface area contributed by atoms with Crippen LogP contribution in [0.3, 0.4) is 0 Å². The monoisotopic (exact) mass is 207 g/mol. The molecule has 0 bridgehead atoms. The highest BCUT2D eigenvalue weighted by Gasteiger charge is 2.27. The molecule has 1 aromatic rings. The Morgan fingerprint density at radius 3 is 2.87 bits per heavy atom. The summed E-state index contributed by atoms with van der Waals surface area (Å²) in [5.74, 6) is -0.473. The summed E-state index contributed by atoms with van der Waals surface area (Å²) < 4.78 is 4.82. The number of esters is 1. The highest BCUT2D eigenvalue weighted by molar-refractivity contribution is 5.93. The van der Waals surface area contributed by atoms with Crippen LogP contribution in [0.15, 0.2) is 12.1 Å². The quantitative estimate of drug-likeness (QED) is 0.398. The van der Waals surface area contributed by atoms with Gasteiger partial charge in [-0.1, -0.05) is 6.07 Å². The van der Waals surface area contributed by atoms with Crippen LogP contribution in [0, 0.1) is 17.0 Å². The van der Waals surface area contributed by atoms with Gasteiger partial charge in [-0.05, 0) is 13.0 Å². The molecule has 2 rings (SSSR count). The summed E-state index contributed by atoms with van der Waals surface area (Å²) >= 11 is 0. The van der Waals surface area contributed by atoms with Gasteiger partial charge in [0.1, 0.15) is 0 Å². The fourth-order valence-corrected chi connectivity index (χ4v) is 1.78. The third-order valence-corrected chi connectivity index (χ3v) is 2.47. The molecular weight excluding hydrogens is 198 g/mol. The fraction of sp³-hybridized carbons (Fsp3) is 0.300. The molecule has 0 fully saturated rings. The normalized spacial score (nSPS) is 14.3. The SMILES string of the molecule is Cc1ccc2c(c1[N+](=O)[O-])CCOC2=O. The number of nitro benzene ring substituents is 1. The minimum atomic E-state index is -0.473. The van der Waals surface area contributed by atoms with E-state index in [1.54, 1.807) is 19.1 Å². The van der Waals surface area contributed by atoms with E-state index in [2.05, 4.69) is 0 Å². The Balaban J connectivity index is 2.68. The number of hydrogen-bond donors (Lipinski definition) is 0. The Morgan fingerprint density at radius 2 is 2.20 bits per heavy atom. The van der Waals surface area contributed by atoms with Crippen LogP contribution < -0.4 is 0 Å². The maximum Gasteiger partial charge on any atom is 0.338 e. The number of carbonyl (C=O) groups excluding carboxylic acids is 1. The minimum absolute atomic E-state index is 0.0455. The van der Waals surface area contributed by atoms with Gasteiger partial charge in [-0.3, -0.25) is 10.1 Å². The van der Waals surface area contributed by atoms with Crippen LogP contribution in [-0.2, 0) is 11.2 Å². The van der Waals surface area contributed by atoms with E-state index in [9.17, 15) is 14.9 Å². The molecule has 0 radical (unpaired) electrons. The number of aryl methyl sites for hydroxylation is 1. The largest absolute Gasteiger partial charge is 0.462 e. The third-order valence-electron chi connectivity index (χ3n) is 2.47. The van der Waals surface area contributed by atoms with Crippen molar-refractivity contribution in [3.63, 3.8) is 0 Å². The van der Waals surface area contributed by atoms with Crippen molar-refractivity contribution in [3.8, 4) is 0 Å². The zero-order valence-corrected chi connectivity index (χ0v) is 8.15. The van der Waals surface area contributed by atoms with Gasteiger partial charge in [0, 0.05) is 17.5 Å². The summed E-state index contributed by atoms with van der Waals surface area (Å²) in [4.78, 5) is 21.7. The molecule has 0 spiro atoms. The lowest BCUT2D eigenvalue weighted by molar-refractivity contribution is -0.386. The molecule has 0 aromatic heterocycles. The van der Waals surface area contributed by atoms with Gasteiger partial charge in [-0.15, -0.1) is 0 Å². The van der Waals surface area contributed by atoms with E-state index < -0.39 is 10.9 Å². The zero-order valence-electron chi connectivity index (χ0n) is 8.15. The second-order valence-electron chi connectivity index (χ2n) is 3.40. The number of cyclic esters (lactones) is 1. The minimum Gasteiger partial charge on any atom is -0.462 e. The van der Waals surface area contributed by atoms with Crippen molar-refractivity contribution in [2.75, 3.05) is 6.61 Å². The lowest BCUT2D eigenvalue weighted by Gasteiger charge is -2.16. The van der Waals surface area contributed by atoms with Crippen molar-refractivity contribution < 1.29 is 14.5 Å². The molecule has 0 saturated carbocycles. The van der Waals surface area contributed by atoms with Gasteiger partial charge in [0.05, 0.1) is 17.1 Å². The molecule has 1 heterocycles. The van der Waals surface area contributed by atoms with E-state index in [0.29, 0.717) is 23.1 Å². The van der Waals surface area contributed by atoms with E-state index in [4.69, 9.17) is 4.74 Å². The van der Waals surface area contributed by atoms with Crippen LogP contribution in [0.4, 0.5) is 5.69 Å². The predicted molar refractivity (Wildman–Crippen MR) is 51.8 cm³/mol. The first-order valence-corrected chi connectivity index (χ1v) is 4.55. The molecule has 78 valence electrons. The topological polar surface area (TPSA) is 69.4 Å². The van der Waals surface area contributed by atoms with Gasteiger partial charge >= 0.3 is 5.97 Å². The molecule has 5 nitrogen and oxygen atoms in total. The second kappa shape index (κ2) is 3.34. The van der Waals surface area contributed by atoms with Gasteiger partial charge in [0.25, 0.3) is 5.69 Å². The van der Waals surface area contributed by atoms with E-state index >= 15 is 0 Å². The number of carbonyl (C=O) groups is 1. The summed E-state index contributed by atoms with van der Waals surface area (Å²) in [5, 5.41) is 10.9. The molecule has 0 unspecified atom stereocenters. The number of fused-ring (bicyclic) bond motifs is 1. The third kappa shape index (κ3) is 1.45. The predicted octanol–water partition coefficient (Wildman–Crippen LogP) is 1.62. The molecule has 0 amide bonds. The van der Waals surface area contributed by atoms with Gasteiger partial charge in [-0.25, -0.2) is 4.79 Å². The van der Waals surface area contributed by atoms with E-state index in [1.165, 1.54) is 0 Å². The summed E-state index contributed by atoms with van der Waals surface area (Å²) in [7, 11) is 0. The average Bonchev–Trinajstić information content (AvgIpc) is 2.17. The molecule has 15 heavy (non-hydrogen) atoms. The van der Waals surface area contributed by atoms with Crippen molar-refractivity contribution in [3.05, 3.63) is 38.9 Å². The van der Waals surface area contributed by atoms with Crippen LogP contribution in [-0.4, -0.2) is 17.5 Å². The standard InChI is InChI=1S/C10H9NO4/c1-6-2-3-8-7(9(6)11(13)14)4-5-15-10(8)12/h2-3H,4-5H2,1H3. The Morgan fingerprint density at radius 1 is 1.47 bits per heavy atom. The van der Waals surface area contributed by atoms with Gasteiger partial charge in [0.15, 0.2) is 0 Å². The lowest BCUT2D eigenvalue weighted by Crippen LogP contribution is -2.19. The van der Waals surface area contributed by atoms with Crippen LogP contribution in [0.25, 0.3) is 0 Å². The number of ether oxygens (including phenoxy) is 1.